The third-order valence-electron chi connectivity index (χ3n) is 2.85. The summed E-state index contributed by atoms with van der Waals surface area (Å²) in [5, 5.41) is 2.81. The molecule has 2 aromatic rings. The van der Waals surface area contributed by atoms with Crippen molar-refractivity contribution in [1.29, 1.82) is 0 Å². The van der Waals surface area contributed by atoms with E-state index in [2.05, 4.69) is 5.32 Å². The average molecular weight is 285 g/mol. The summed E-state index contributed by atoms with van der Waals surface area (Å²) in [6.45, 7) is 4.22. The van der Waals surface area contributed by atoms with E-state index in [1.165, 1.54) is 0 Å². The van der Waals surface area contributed by atoms with Crippen LogP contribution in [0, 0.1) is 0 Å². The molecule has 0 fully saturated rings. The van der Waals surface area contributed by atoms with Crippen LogP contribution in [-0.2, 0) is 16.1 Å². The number of carbonyl (C=O) groups is 2. The molecule has 4 nitrogen and oxygen atoms in total. The van der Waals surface area contributed by atoms with Gasteiger partial charge in [-0.3, -0.25) is 0 Å². The van der Waals surface area contributed by atoms with Gasteiger partial charge in [0.25, 0.3) is 0 Å². The maximum Gasteiger partial charge on any atom is 0.407 e. The first-order valence-corrected chi connectivity index (χ1v) is 6.57. The molecular formula is C17H19NO3. The molecule has 1 unspecified atom stereocenters. The number of alkyl carbamates (subject to hydrolysis) is 1. The third-order valence-corrected chi connectivity index (χ3v) is 2.85. The topological polar surface area (TPSA) is 55.4 Å². The maximum absolute atomic E-state index is 11.7. The van der Waals surface area contributed by atoms with Crippen LogP contribution in [0.4, 0.5) is 4.79 Å². The normalized spacial score (nSPS) is 10.7. The molecular weight excluding hydrogens is 266 g/mol. The lowest BCUT2D eigenvalue weighted by molar-refractivity contribution is -0.0979. The highest BCUT2D eigenvalue weighted by Crippen LogP contribution is 2.11. The van der Waals surface area contributed by atoms with E-state index in [-0.39, 0.29) is 12.6 Å². The zero-order chi connectivity index (χ0) is 15.5. The lowest BCUT2D eigenvalue weighted by atomic mass is 10.1. The molecule has 21 heavy (non-hydrogen) atoms. The number of ether oxygens (including phenoxy) is 1. The van der Waals surface area contributed by atoms with Crippen LogP contribution in [0.15, 0.2) is 60.7 Å². The fraction of sp³-hybridized carbons (Fsp3) is 0.176. The Labute approximate surface area is 124 Å². The Morgan fingerprint density at radius 1 is 1.05 bits per heavy atom. The number of amides is 1. The van der Waals surface area contributed by atoms with Gasteiger partial charge < -0.3 is 14.8 Å². The molecule has 1 amide bonds. The Hall–Kier alpha value is -2.62. The molecule has 0 radical (unpaired) electrons. The SMILES string of the molecule is C=O.CC(NC(=O)OCc1ccccc1)c1ccccc1. The maximum atomic E-state index is 11.7. The predicted molar refractivity (Wildman–Crippen MR) is 81.7 cm³/mol. The van der Waals surface area contributed by atoms with Gasteiger partial charge in [0.2, 0.25) is 0 Å². The summed E-state index contributed by atoms with van der Waals surface area (Å²) in [6.07, 6.45) is -0.403. The first-order valence-electron chi connectivity index (χ1n) is 6.57. The summed E-state index contributed by atoms with van der Waals surface area (Å²) in [5.74, 6) is 0. The van der Waals surface area contributed by atoms with E-state index >= 15 is 0 Å². The number of nitrogens with one attached hydrogen (secondary N) is 1. The number of carbonyl (C=O) groups excluding carboxylic acids is 2. The zero-order valence-electron chi connectivity index (χ0n) is 12.0. The highest BCUT2D eigenvalue weighted by molar-refractivity contribution is 5.67. The Balaban J connectivity index is 0.00000106. The molecule has 0 saturated carbocycles. The van der Waals surface area contributed by atoms with Crippen LogP contribution in [0.25, 0.3) is 0 Å². The molecule has 0 aromatic heterocycles. The Morgan fingerprint density at radius 2 is 1.57 bits per heavy atom. The highest BCUT2D eigenvalue weighted by Gasteiger charge is 2.09. The van der Waals surface area contributed by atoms with E-state index in [4.69, 9.17) is 9.53 Å². The van der Waals surface area contributed by atoms with Crippen LogP contribution < -0.4 is 5.32 Å². The van der Waals surface area contributed by atoms with Crippen molar-refractivity contribution in [3.63, 3.8) is 0 Å². The first-order chi connectivity index (χ1) is 10.3. The molecule has 0 aliphatic rings. The van der Waals surface area contributed by atoms with Gasteiger partial charge in [0.05, 0.1) is 6.04 Å². The van der Waals surface area contributed by atoms with Crippen molar-refractivity contribution < 1.29 is 14.3 Å². The number of rotatable bonds is 4. The first kappa shape index (κ1) is 16.4. The standard InChI is InChI=1S/C16H17NO2.CH2O/c1-13(15-10-6-3-7-11-15)17-16(18)19-12-14-8-4-2-5-9-14;1-2/h2-11,13H,12H2,1H3,(H,17,18);1H2. The van der Waals surface area contributed by atoms with Crippen LogP contribution in [-0.4, -0.2) is 12.9 Å². The molecule has 0 aliphatic carbocycles. The molecule has 0 heterocycles. The lowest BCUT2D eigenvalue weighted by Crippen LogP contribution is -2.27. The number of benzene rings is 2. The second-order valence-corrected chi connectivity index (χ2v) is 4.34. The fourth-order valence-electron chi connectivity index (χ4n) is 1.77. The van der Waals surface area contributed by atoms with Crippen molar-refractivity contribution in [2.24, 2.45) is 0 Å². The highest BCUT2D eigenvalue weighted by atomic mass is 16.5. The second-order valence-electron chi connectivity index (χ2n) is 4.34. The van der Waals surface area contributed by atoms with Gasteiger partial charge in [0, 0.05) is 0 Å². The van der Waals surface area contributed by atoms with E-state index in [1.54, 1.807) is 0 Å². The largest absolute Gasteiger partial charge is 0.445 e. The Kier molecular flexibility index (Phi) is 7.29. The van der Waals surface area contributed by atoms with Gasteiger partial charge in [-0.05, 0) is 18.1 Å². The van der Waals surface area contributed by atoms with Crippen LogP contribution >= 0.6 is 0 Å². The van der Waals surface area contributed by atoms with Gasteiger partial charge in [-0.25, -0.2) is 4.79 Å². The summed E-state index contributed by atoms with van der Waals surface area (Å²) in [5.41, 5.74) is 2.03. The van der Waals surface area contributed by atoms with Gasteiger partial charge in [-0.1, -0.05) is 60.7 Å². The van der Waals surface area contributed by atoms with Crippen LogP contribution in [0.2, 0.25) is 0 Å². The number of hydrogen-bond acceptors (Lipinski definition) is 3. The quantitative estimate of drug-likeness (QED) is 0.935. The van der Waals surface area contributed by atoms with Gasteiger partial charge in [-0.15, -0.1) is 0 Å². The molecule has 2 aromatic carbocycles. The third kappa shape index (κ3) is 5.91. The lowest BCUT2D eigenvalue weighted by Gasteiger charge is -2.14. The van der Waals surface area contributed by atoms with E-state index in [9.17, 15) is 4.79 Å². The summed E-state index contributed by atoms with van der Waals surface area (Å²) in [7, 11) is 0. The van der Waals surface area contributed by atoms with E-state index < -0.39 is 6.09 Å². The molecule has 2 rings (SSSR count). The zero-order valence-corrected chi connectivity index (χ0v) is 12.0. The van der Waals surface area contributed by atoms with Gasteiger partial charge >= 0.3 is 6.09 Å². The van der Waals surface area contributed by atoms with Crippen molar-refractivity contribution in [3.05, 3.63) is 71.8 Å². The van der Waals surface area contributed by atoms with Crippen molar-refractivity contribution in [1.82, 2.24) is 5.32 Å². The predicted octanol–water partition coefficient (Wildman–Crippen LogP) is 3.49. The summed E-state index contributed by atoms with van der Waals surface area (Å²) >= 11 is 0. The van der Waals surface area contributed by atoms with Crippen LogP contribution in [0.3, 0.4) is 0 Å². The van der Waals surface area contributed by atoms with E-state index in [0.717, 1.165) is 11.1 Å². The average Bonchev–Trinajstić information content (AvgIpc) is 2.56. The monoisotopic (exact) mass is 285 g/mol. The Bertz CT molecular complexity index is 528. The van der Waals surface area contributed by atoms with Crippen molar-refractivity contribution >= 4 is 12.9 Å². The summed E-state index contributed by atoms with van der Waals surface area (Å²) in [6, 6.07) is 19.3. The van der Waals surface area contributed by atoms with Gasteiger partial charge in [0.15, 0.2) is 0 Å². The molecule has 0 bridgehead atoms. The van der Waals surface area contributed by atoms with Crippen LogP contribution in [0.1, 0.15) is 24.1 Å². The van der Waals surface area contributed by atoms with Crippen molar-refractivity contribution in [2.75, 3.05) is 0 Å². The molecule has 0 saturated heterocycles. The van der Waals surface area contributed by atoms with Crippen molar-refractivity contribution in [3.8, 4) is 0 Å². The minimum Gasteiger partial charge on any atom is -0.445 e. The summed E-state index contributed by atoms with van der Waals surface area (Å²) in [4.78, 5) is 19.7. The van der Waals surface area contributed by atoms with Gasteiger partial charge in [0.1, 0.15) is 13.4 Å². The molecule has 4 heteroatoms. The van der Waals surface area contributed by atoms with Crippen molar-refractivity contribution in [2.45, 2.75) is 19.6 Å². The minimum atomic E-state index is -0.403. The Morgan fingerprint density at radius 3 is 2.14 bits per heavy atom. The summed E-state index contributed by atoms with van der Waals surface area (Å²) < 4.78 is 5.17. The number of hydrogen-bond donors (Lipinski definition) is 1. The molecule has 1 N–H and O–H groups in total. The molecule has 0 aliphatic heterocycles. The van der Waals surface area contributed by atoms with Crippen LogP contribution in [0.5, 0.6) is 0 Å². The van der Waals surface area contributed by atoms with E-state index in [0.29, 0.717) is 0 Å². The fourth-order valence-corrected chi connectivity index (χ4v) is 1.77. The molecule has 110 valence electrons. The molecule has 1 atom stereocenters. The molecule has 0 spiro atoms. The van der Waals surface area contributed by atoms with E-state index in [1.807, 2.05) is 74.4 Å². The van der Waals surface area contributed by atoms with Gasteiger partial charge in [-0.2, -0.15) is 0 Å². The second kappa shape index (κ2) is 9.31. The minimum absolute atomic E-state index is 0.0653. The smallest absolute Gasteiger partial charge is 0.407 e.